The van der Waals surface area contributed by atoms with Gasteiger partial charge in [-0.2, -0.15) is 21.6 Å². The Bertz CT molecular complexity index is 1560. The van der Waals surface area contributed by atoms with Gasteiger partial charge in [0.1, 0.15) is 11.9 Å². The van der Waals surface area contributed by atoms with Crippen molar-refractivity contribution in [1.82, 2.24) is 4.57 Å². The van der Waals surface area contributed by atoms with Gasteiger partial charge >= 0.3 is 12.1 Å². The van der Waals surface area contributed by atoms with E-state index in [0.717, 1.165) is 17.1 Å². The molecule has 0 saturated heterocycles. The average molecular weight is 633 g/mol. The van der Waals surface area contributed by atoms with E-state index in [1.165, 1.54) is 13.0 Å². The number of primary amides is 1. The van der Waals surface area contributed by atoms with Crippen LogP contribution in [-0.4, -0.2) is 59.6 Å². The summed E-state index contributed by atoms with van der Waals surface area (Å²) in [6.45, 7) is 1.14. The molecule has 236 valence electrons. The molecule has 1 aromatic heterocycles. The van der Waals surface area contributed by atoms with Crippen LogP contribution < -0.4 is 16.8 Å². The number of fused-ring (bicyclic) bond motifs is 1. The number of hydrogen-bond donors (Lipinski definition) is 4. The summed E-state index contributed by atoms with van der Waals surface area (Å²) in [6, 6.07) is 1.42. The Balaban J connectivity index is 1.84. The summed E-state index contributed by atoms with van der Waals surface area (Å²) >= 11 is 0. The van der Waals surface area contributed by atoms with Crippen LogP contribution in [-0.2, 0) is 32.2 Å². The molecule has 1 unspecified atom stereocenters. The van der Waals surface area contributed by atoms with E-state index in [-0.39, 0.29) is 36.5 Å². The van der Waals surface area contributed by atoms with Crippen LogP contribution in [0.25, 0.3) is 5.69 Å². The summed E-state index contributed by atoms with van der Waals surface area (Å²) in [7, 11) is -4.43. The van der Waals surface area contributed by atoms with E-state index in [9.17, 15) is 40.5 Å². The van der Waals surface area contributed by atoms with E-state index in [1.807, 2.05) is 0 Å². The number of carbonyl (C=O) groups is 3. The largest absolute Gasteiger partial charge is 0.459 e. The monoisotopic (exact) mass is 632 g/mol. The van der Waals surface area contributed by atoms with E-state index < -0.39 is 86.2 Å². The number of hydrogen-bond acceptors (Lipinski definition) is 8. The number of rotatable bonds is 9. The Kier molecular flexibility index (Phi) is 8.96. The molecule has 16 heteroatoms. The van der Waals surface area contributed by atoms with Gasteiger partial charge in [-0.3, -0.25) is 18.9 Å². The predicted molar refractivity (Wildman–Crippen MR) is 146 cm³/mol. The van der Waals surface area contributed by atoms with Crippen molar-refractivity contribution in [2.75, 3.05) is 17.6 Å². The Morgan fingerprint density at radius 3 is 2.49 bits per heavy atom. The molecule has 11 nitrogen and oxygen atoms in total. The third-order valence-corrected chi connectivity index (χ3v) is 8.65. The number of amides is 1. The number of nitrogens with one attached hydrogen (secondary N) is 1. The molecule has 2 aliphatic rings. The second-order valence-corrected chi connectivity index (χ2v) is 12.9. The number of nitrogens with two attached hydrogens (primary N) is 2. The molecule has 0 spiro atoms. The van der Waals surface area contributed by atoms with Crippen molar-refractivity contribution < 1.29 is 49.7 Å². The molecule has 2 aromatic rings. The standard InChI is InChI=1S/C27H32F4N4O7S/c1-26(6-7-43(39,40)41)10-19-23(20(36)11-26)15(27(29,30)31)13-35(19)14-8-16(28)24(25(33)38)18(9-14)34-17-4-2-3-5-21(17)42-22(37)12-32/h8-9,13,17,21,34H,2-7,10-12,32H2,1H3,(H2,33,38)(H,39,40,41)/t17-,21-,26?/m0/s1. The van der Waals surface area contributed by atoms with Crippen LogP contribution >= 0.6 is 0 Å². The normalized spacial score (nSPS) is 22.6. The number of ketones is 1. The van der Waals surface area contributed by atoms with E-state index in [0.29, 0.717) is 25.5 Å². The minimum Gasteiger partial charge on any atom is -0.459 e. The van der Waals surface area contributed by atoms with E-state index in [4.69, 9.17) is 16.2 Å². The third-order valence-electron chi connectivity index (χ3n) is 7.93. The molecule has 1 fully saturated rings. The van der Waals surface area contributed by atoms with Gasteiger partial charge in [-0.1, -0.05) is 13.3 Å². The Morgan fingerprint density at radius 2 is 1.88 bits per heavy atom. The van der Waals surface area contributed by atoms with Crippen molar-refractivity contribution in [1.29, 1.82) is 0 Å². The summed E-state index contributed by atoms with van der Waals surface area (Å²) in [5.41, 5.74) is 6.77. The molecule has 6 N–H and O–H groups in total. The Morgan fingerprint density at radius 1 is 1.21 bits per heavy atom. The lowest BCUT2D eigenvalue weighted by atomic mass is 9.72. The molecule has 1 saturated carbocycles. The van der Waals surface area contributed by atoms with Gasteiger partial charge in [0.25, 0.3) is 16.0 Å². The van der Waals surface area contributed by atoms with Crippen LogP contribution in [0.5, 0.6) is 0 Å². The van der Waals surface area contributed by atoms with Crippen molar-refractivity contribution in [3.8, 4) is 5.69 Å². The quantitative estimate of drug-likeness (QED) is 0.183. The molecule has 1 heterocycles. The van der Waals surface area contributed by atoms with Crippen molar-refractivity contribution in [2.45, 2.75) is 70.2 Å². The zero-order chi connectivity index (χ0) is 31.9. The molecule has 0 bridgehead atoms. The smallest absolute Gasteiger partial charge is 0.418 e. The molecule has 2 aliphatic carbocycles. The molecule has 3 atom stereocenters. The first-order valence-electron chi connectivity index (χ1n) is 13.5. The number of halogens is 4. The topological polar surface area (TPSA) is 184 Å². The maximum atomic E-state index is 15.5. The number of esters is 1. The zero-order valence-corrected chi connectivity index (χ0v) is 24.0. The van der Waals surface area contributed by atoms with Gasteiger partial charge in [-0.05, 0) is 49.7 Å². The van der Waals surface area contributed by atoms with Gasteiger partial charge < -0.3 is 26.1 Å². The van der Waals surface area contributed by atoms with Crippen LogP contribution in [0.2, 0.25) is 0 Å². The number of carbonyl (C=O) groups excluding carboxylic acids is 3. The second-order valence-electron chi connectivity index (χ2n) is 11.3. The molecule has 0 aliphatic heterocycles. The lowest BCUT2D eigenvalue weighted by Crippen LogP contribution is -2.41. The number of anilines is 1. The average Bonchev–Trinajstić information content (AvgIpc) is 3.28. The lowest BCUT2D eigenvalue weighted by Gasteiger charge is -2.34. The van der Waals surface area contributed by atoms with Gasteiger partial charge in [0.15, 0.2) is 5.78 Å². The van der Waals surface area contributed by atoms with Crippen molar-refractivity contribution in [2.24, 2.45) is 16.9 Å². The summed E-state index contributed by atoms with van der Waals surface area (Å²) in [5, 5.41) is 2.98. The van der Waals surface area contributed by atoms with Crippen molar-refractivity contribution >= 4 is 33.5 Å². The molecule has 4 rings (SSSR count). The summed E-state index contributed by atoms with van der Waals surface area (Å²) in [6.07, 6.45) is -3.51. The Labute approximate surface area is 244 Å². The predicted octanol–water partition coefficient (Wildman–Crippen LogP) is 3.37. The minimum atomic E-state index is -4.96. The first-order chi connectivity index (χ1) is 19.9. The summed E-state index contributed by atoms with van der Waals surface area (Å²) in [5.74, 6) is -4.58. The van der Waals surface area contributed by atoms with E-state index in [1.54, 1.807) is 0 Å². The maximum absolute atomic E-state index is 15.5. The number of benzene rings is 1. The van der Waals surface area contributed by atoms with E-state index in [2.05, 4.69) is 5.32 Å². The lowest BCUT2D eigenvalue weighted by molar-refractivity contribution is -0.149. The van der Waals surface area contributed by atoms with Gasteiger partial charge in [0.05, 0.1) is 46.4 Å². The van der Waals surface area contributed by atoms with Crippen molar-refractivity contribution in [3.05, 3.63) is 46.5 Å². The molecule has 1 aromatic carbocycles. The molecular weight excluding hydrogens is 600 g/mol. The van der Waals surface area contributed by atoms with Gasteiger partial charge in [-0.15, -0.1) is 0 Å². The van der Waals surface area contributed by atoms with Crippen LogP contribution in [0.4, 0.5) is 23.2 Å². The number of nitrogens with zero attached hydrogens (tertiary/aromatic N) is 1. The number of Topliss-reactive ketones (excluding diaryl/α,β-unsaturated/α-hetero) is 1. The fourth-order valence-corrected chi connectivity index (χ4v) is 6.64. The Hall–Kier alpha value is -3.50. The number of aromatic nitrogens is 1. The van der Waals surface area contributed by atoms with Gasteiger partial charge in [0, 0.05) is 18.3 Å². The highest BCUT2D eigenvalue weighted by atomic mass is 32.2. The van der Waals surface area contributed by atoms with Crippen molar-refractivity contribution in [3.63, 3.8) is 0 Å². The van der Waals surface area contributed by atoms with E-state index >= 15 is 4.39 Å². The first kappa shape index (κ1) is 32.4. The highest BCUT2D eigenvalue weighted by Gasteiger charge is 2.45. The van der Waals surface area contributed by atoms with Crippen LogP contribution in [0.15, 0.2) is 18.3 Å². The highest BCUT2D eigenvalue weighted by molar-refractivity contribution is 7.85. The van der Waals surface area contributed by atoms with Gasteiger partial charge in [-0.25, -0.2) is 4.39 Å². The van der Waals surface area contributed by atoms with Crippen LogP contribution in [0.1, 0.15) is 77.4 Å². The number of ether oxygens (including phenoxy) is 1. The minimum absolute atomic E-state index is 0.133. The second kappa shape index (κ2) is 11.9. The SMILES string of the molecule is CC1(CCS(=O)(=O)O)CC(=O)c2c(C(F)(F)F)cn(-c3cc(F)c(C(N)=O)c(N[C@H]4CCCC[C@@H]4OC(=O)CN)c3)c2C1. The fraction of sp³-hybridized carbons (Fsp3) is 0.519. The number of alkyl halides is 3. The summed E-state index contributed by atoms with van der Waals surface area (Å²) < 4.78 is 96.2. The summed E-state index contributed by atoms with van der Waals surface area (Å²) in [4.78, 5) is 37.2. The first-order valence-corrected chi connectivity index (χ1v) is 15.1. The van der Waals surface area contributed by atoms with Crippen LogP contribution in [0, 0.1) is 11.2 Å². The van der Waals surface area contributed by atoms with Gasteiger partial charge in [0.2, 0.25) is 0 Å². The molecule has 1 amide bonds. The fourth-order valence-electron chi connectivity index (χ4n) is 5.89. The van der Waals surface area contributed by atoms with Crippen LogP contribution in [0.3, 0.4) is 0 Å². The zero-order valence-electron chi connectivity index (χ0n) is 23.2. The maximum Gasteiger partial charge on any atom is 0.418 e. The molecular formula is C27H32F4N4O7S. The third kappa shape index (κ3) is 7.18. The molecule has 0 radical (unpaired) electrons. The highest BCUT2D eigenvalue weighted by Crippen LogP contribution is 2.45. The molecule has 43 heavy (non-hydrogen) atoms.